The Morgan fingerprint density at radius 1 is 1.35 bits per heavy atom. The van der Waals surface area contributed by atoms with E-state index < -0.39 is 16.0 Å². The number of aromatic nitrogens is 1. The molecule has 0 bridgehead atoms. The molecule has 0 atom stereocenters. The number of aromatic carboxylic acids is 1. The van der Waals surface area contributed by atoms with E-state index in [-0.39, 0.29) is 22.9 Å². The Morgan fingerprint density at radius 3 is 2.50 bits per heavy atom. The van der Waals surface area contributed by atoms with E-state index in [2.05, 4.69) is 9.71 Å². The standard InChI is InChI=1S/C12H12N2O5S/c1-8-6-13-11(19-8)7-14-20(17,18)10-4-2-9(3-5-10)12(15)16/h2-6,14H,7H2,1H3,(H,15,16). The molecule has 1 aromatic carbocycles. The molecule has 0 amide bonds. The summed E-state index contributed by atoms with van der Waals surface area (Å²) in [5, 5.41) is 8.75. The van der Waals surface area contributed by atoms with Crippen molar-refractivity contribution in [2.24, 2.45) is 0 Å². The van der Waals surface area contributed by atoms with Crippen LogP contribution in [0.1, 0.15) is 22.0 Å². The zero-order chi connectivity index (χ0) is 14.8. The lowest BCUT2D eigenvalue weighted by molar-refractivity contribution is 0.0696. The van der Waals surface area contributed by atoms with E-state index >= 15 is 0 Å². The number of carboxylic acids is 1. The van der Waals surface area contributed by atoms with Gasteiger partial charge in [-0.25, -0.2) is 22.9 Å². The van der Waals surface area contributed by atoms with Crippen molar-refractivity contribution in [2.45, 2.75) is 18.4 Å². The van der Waals surface area contributed by atoms with Gasteiger partial charge in [-0.2, -0.15) is 0 Å². The van der Waals surface area contributed by atoms with Crippen molar-refractivity contribution < 1.29 is 22.7 Å². The number of oxazole rings is 1. The molecule has 0 fully saturated rings. The van der Waals surface area contributed by atoms with Crippen molar-refractivity contribution in [2.75, 3.05) is 0 Å². The molecule has 8 heteroatoms. The molecule has 0 radical (unpaired) electrons. The van der Waals surface area contributed by atoms with Gasteiger partial charge in [0.25, 0.3) is 0 Å². The Labute approximate surface area is 115 Å². The zero-order valence-electron chi connectivity index (χ0n) is 10.5. The van der Waals surface area contributed by atoms with Crippen LogP contribution in [-0.2, 0) is 16.6 Å². The lowest BCUT2D eigenvalue weighted by Crippen LogP contribution is -2.23. The van der Waals surface area contributed by atoms with E-state index in [0.717, 1.165) is 0 Å². The van der Waals surface area contributed by atoms with Crippen LogP contribution in [0.15, 0.2) is 39.8 Å². The summed E-state index contributed by atoms with van der Waals surface area (Å²) in [5.74, 6) is -0.268. The maximum Gasteiger partial charge on any atom is 0.335 e. The number of aryl methyl sites for hydroxylation is 1. The number of sulfonamides is 1. The molecule has 0 spiro atoms. The summed E-state index contributed by atoms with van der Waals surface area (Å²) in [4.78, 5) is 14.5. The van der Waals surface area contributed by atoms with Crippen molar-refractivity contribution in [3.05, 3.63) is 47.7 Å². The molecule has 0 unspecified atom stereocenters. The lowest BCUT2D eigenvalue weighted by Gasteiger charge is -2.05. The molecule has 0 aliphatic carbocycles. The third-order valence-electron chi connectivity index (χ3n) is 2.49. The van der Waals surface area contributed by atoms with Gasteiger partial charge in [-0.1, -0.05) is 0 Å². The topological polar surface area (TPSA) is 110 Å². The molecular formula is C12H12N2O5S. The Balaban J connectivity index is 2.11. The second kappa shape index (κ2) is 5.43. The molecule has 0 aliphatic rings. The first-order valence-corrected chi connectivity index (χ1v) is 7.11. The number of hydrogen-bond donors (Lipinski definition) is 2. The normalized spacial score (nSPS) is 11.4. The van der Waals surface area contributed by atoms with Crippen molar-refractivity contribution in [1.29, 1.82) is 0 Å². The first kappa shape index (κ1) is 14.2. The van der Waals surface area contributed by atoms with Gasteiger partial charge in [0, 0.05) is 0 Å². The number of nitrogens with one attached hydrogen (secondary N) is 1. The fourth-order valence-electron chi connectivity index (χ4n) is 1.50. The van der Waals surface area contributed by atoms with Gasteiger partial charge in [-0.15, -0.1) is 0 Å². The molecule has 1 heterocycles. The van der Waals surface area contributed by atoms with E-state index in [1.165, 1.54) is 30.5 Å². The molecular weight excluding hydrogens is 284 g/mol. The van der Waals surface area contributed by atoms with Gasteiger partial charge in [0.1, 0.15) is 5.76 Å². The van der Waals surface area contributed by atoms with Crippen molar-refractivity contribution >= 4 is 16.0 Å². The summed E-state index contributed by atoms with van der Waals surface area (Å²) in [5.41, 5.74) is 0.0206. The highest BCUT2D eigenvalue weighted by atomic mass is 32.2. The summed E-state index contributed by atoms with van der Waals surface area (Å²) in [6.45, 7) is 1.63. The van der Waals surface area contributed by atoms with Crippen LogP contribution < -0.4 is 4.72 Å². The van der Waals surface area contributed by atoms with Gasteiger partial charge in [-0.05, 0) is 31.2 Å². The van der Waals surface area contributed by atoms with Gasteiger partial charge in [0.05, 0.1) is 23.2 Å². The van der Waals surface area contributed by atoms with Gasteiger partial charge in [-0.3, -0.25) is 0 Å². The molecule has 20 heavy (non-hydrogen) atoms. The van der Waals surface area contributed by atoms with E-state index in [1.807, 2.05) is 0 Å². The predicted octanol–water partition coefficient (Wildman–Crippen LogP) is 1.16. The number of carbonyl (C=O) groups is 1. The summed E-state index contributed by atoms with van der Waals surface area (Å²) in [6, 6.07) is 4.91. The average molecular weight is 296 g/mol. The molecule has 0 saturated heterocycles. The average Bonchev–Trinajstić information content (AvgIpc) is 2.82. The molecule has 106 valence electrons. The fraction of sp³-hybridized carbons (Fsp3) is 0.167. The minimum absolute atomic E-state index is 0.0206. The second-order valence-corrected chi connectivity index (χ2v) is 5.79. The van der Waals surface area contributed by atoms with Gasteiger partial charge in [0.15, 0.2) is 0 Å². The highest BCUT2D eigenvalue weighted by molar-refractivity contribution is 7.89. The summed E-state index contributed by atoms with van der Waals surface area (Å²) >= 11 is 0. The lowest BCUT2D eigenvalue weighted by atomic mass is 10.2. The van der Waals surface area contributed by atoms with Crippen LogP contribution in [0.25, 0.3) is 0 Å². The van der Waals surface area contributed by atoms with Crippen LogP contribution in [-0.4, -0.2) is 24.5 Å². The minimum atomic E-state index is -3.73. The minimum Gasteiger partial charge on any atom is -0.478 e. The maximum absolute atomic E-state index is 12.0. The summed E-state index contributed by atoms with van der Waals surface area (Å²) < 4.78 is 31.4. The smallest absolute Gasteiger partial charge is 0.335 e. The molecule has 2 aromatic rings. The van der Waals surface area contributed by atoms with Gasteiger partial charge in [0.2, 0.25) is 15.9 Å². The SMILES string of the molecule is Cc1cnc(CNS(=O)(=O)c2ccc(C(=O)O)cc2)o1. The number of hydrogen-bond acceptors (Lipinski definition) is 5. The Morgan fingerprint density at radius 2 is 2.00 bits per heavy atom. The summed E-state index contributed by atoms with van der Waals surface area (Å²) in [7, 11) is -3.73. The first-order valence-electron chi connectivity index (χ1n) is 5.63. The molecule has 7 nitrogen and oxygen atoms in total. The third-order valence-corrected chi connectivity index (χ3v) is 3.91. The third kappa shape index (κ3) is 3.22. The number of carboxylic acid groups (broad SMARTS) is 1. The quantitative estimate of drug-likeness (QED) is 0.856. The second-order valence-electron chi connectivity index (χ2n) is 4.02. The van der Waals surface area contributed by atoms with E-state index in [9.17, 15) is 13.2 Å². The van der Waals surface area contributed by atoms with E-state index in [0.29, 0.717) is 5.76 Å². The highest BCUT2D eigenvalue weighted by Gasteiger charge is 2.15. The molecule has 0 aliphatic heterocycles. The Hall–Kier alpha value is -2.19. The van der Waals surface area contributed by atoms with Crippen LogP contribution in [0.2, 0.25) is 0 Å². The van der Waals surface area contributed by atoms with Crippen LogP contribution >= 0.6 is 0 Å². The number of rotatable bonds is 5. The highest BCUT2D eigenvalue weighted by Crippen LogP contribution is 2.11. The van der Waals surface area contributed by atoms with Gasteiger partial charge >= 0.3 is 5.97 Å². The molecule has 0 saturated carbocycles. The Kier molecular flexibility index (Phi) is 3.86. The van der Waals surface area contributed by atoms with Crippen LogP contribution in [0, 0.1) is 6.92 Å². The van der Waals surface area contributed by atoms with Crippen LogP contribution in [0.3, 0.4) is 0 Å². The first-order chi connectivity index (χ1) is 9.38. The van der Waals surface area contributed by atoms with Crippen molar-refractivity contribution in [1.82, 2.24) is 9.71 Å². The van der Waals surface area contributed by atoms with Crippen LogP contribution in [0.5, 0.6) is 0 Å². The van der Waals surface area contributed by atoms with Crippen molar-refractivity contribution in [3.63, 3.8) is 0 Å². The van der Waals surface area contributed by atoms with Gasteiger partial charge < -0.3 is 9.52 Å². The summed E-state index contributed by atoms with van der Waals surface area (Å²) in [6.07, 6.45) is 1.49. The Bertz CT molecular complexity index is 719. The number of benzene rings is 1. The van der Waals surface area contributed by atoms with E-state index in [4.69, 9.17) is 9.52 Å². The zero-order valence-corrected chi connectivity index (χ0v) is 11.3. The maximum atomic E-state index is 12.0. The van der Waals surface area contributed by atoms with Crippen molar-refractivity contribution in [3.8, 4) is 0 Å². The molecule has 2 N–H and O–H groups in total. The number of nitrogens with zero attached hydrogens (tertiary/aromatic N) is 1. The fourth-order valence-corrected chi connectivity index (χ4v) is 2.47. The van der Waals surface area contributed by atoms with E-state index in [1.54, 1.807) is 6.92 Å². The van der Waals surface area contributed by atoms with Crippen LogP contribution in [0.4, 0.5) is 0 Å². The molecule has 2 rings (SSSR count). The predicted molar refractivity (Wildman–Crippen MR) is 68.7 cm³/mol. The monoisotopic (exact) mass is 296 g/mol. The largest absolute Gasteiger partial charge is 0.478 e. The molecule has 1 aromatic heterocycles.